The highest BCUT2D eigenvalue weighted by atomic mass is 32.1. The molecule has 0 atom stereocenters. The molecule has 0 saturated carbocycles. The van der Waals surface area contributed by atoms with Crippen LogP contribution in [0.15, 0.2) is 42.5 Å². The van der Waals surface area contributed by atoms with Gasteiger partial charge >= 0.3 is 5.97 Å². The van der Waals surface area contributed by atoms with Crippen molar-refractivity contribution in [3.05, 3.63) is 53.2 Å². The number of carbonyl (C=O) groups is 2. The van der Waals surface area contributed by atoms with Crippen LogP contribution in [0.25, 0.3) is 16.5 Å². The molecule has 2 aromatic rings. The Balaban J connectivity index is 1.92. The van der Waals surface area contributed by atoms with Gasteiger partial charge in [0.25, 0.3) is 0 Å². The Morgan fingerprint density at radius 1 is 1.26 bits per heavy atom. The molecule has 0 bridgehead atoms. The van der Waals surface area contributed by atoms with E-state index in [-0.39, 0.29) is 30.7 Å². The fraction of sp³-hybridized carbons (Fsp3) is 0.176. The Kier molecular flexibility index (Phi) is 6.05. The second kappa shape index (κ2) is 8.24. The zero-order valence-electron chi connectivity index (χ0n) is 12.5. The van der Waals surface area contributed by atoms with E-state index in [1.54, 1.807) is 24.3 Å². The second-order valence-electron chi connectivity index (χ2n) is 4.63. The molecule has 0 unspecified atom stereocenters. The van der Waals surface area contributed by atoms with Crippen molar-refractivity contribution in [1.29, 1.82) is 0 Å². The van der Waals surface area contributed by atoms with Crippen LogP contribution in [-0.2, 0) is 14.3 Å². The molecular formula is C17H16FNO3S. The summed E-state index contributed by atoms with van der Waals surface area (Å²) in [5.74, 6) is -0.942. The highest BCUT2D eigenvalue weighted by Gasteiger charge is 2.06. The van der Waals surface area contributed by atoms with E-state index in [0.29, 0.717) is 5.56 Å². The monoisotopic (exact) mass is 333 g/mol. The molecule has 0 spiro atoms. The normalized spacial score (nSPS) is 10.7. The largest absolute Gasteiger partial charge is 0.469 e. The van der Waals surface area contributed by atoms with Gasteiger partial charge in [-0.05, 0) is 24.3 Å². The Bertz CT molecular complexity index is 724. The minimum Gasteiger partial charge on any atom is -0.469 e. The minimum atomic E-state index is -0.373. The fourth-order valence-electron chi connectivity index (χ4n) is 1.85. The molecule has 0 aliphatic rings. The van der Waals surface area contributed by atoms with E-state index in [1.165, 1.54) is 30.6 Å². The lowest BCUT2D eigenvalue weighted by Gasteiger charge is -2.00. The van der Waals surface area contributed by atoms with Crippen molar-refractivity contribution < 1.29 is 18.7 Å². The molecule has 2 rings (SSSR count). The van der Waals surface area contributed by atoms with Gasteiger partial charge in [-0.2, -0.15) is 0 Å². The number of amides is 1. The molecule has 1 heterocycles. The summed E-state index contributed by atoms with van der Waals surface area (Å²) in [6, 6.07) is 10.2. The van der Waals surface area contributed by atoms with E-state index in [2.05, 4.69) is 10.1 Å². The number of methoxy groups -OCH3 is 1. The molecule has 0 aliphatic heterocycles. The summed E-state index contributed by atoms with van der Waals surface area (Å²) in [7, 11) is 1.30. The number of nitrogens with one attached hydrogen (secondary N) is 1. The van der Waals surface area contributed by atoms with E-state index in [1.807, 2.05) is 12.1 Å². The average molecular weight is 333 g/mol. The van der Waals surface area contributed by atoms with Crippen molar-refractivity contribution in [1.82, 2.24) is 5.32 Å². The fourth-order valence-corrected chi connectivity index (χ4v) is 2.79. The van der Waals surface area contributed by atoms with Crippen molar-refractivity contribution in [2.45, 2.75) is 6.42 Å². The third-order valence-corrected chi connectivity index (χ3v) is 4.10. The van der Waals surface area contributed by atoms with Gasteiger partial charge in [0.1, 0.15) is 5.82 Å². The number of thiophene rings is 1. The first-order valence-electron chi connectivity index (χ1n) is 6.97. The van der Waals surface area contributed by atoms with Crippen LogP contribution < -0.4 is 5.32 Å². The maximum absolute atomic E-state index is 13.7. The number of hydrogen-bond acceptors (Lipinski definition) is 4. The van der Waals surface area contributed by atoms with Crippen LogP contribution in [-0.4, -0.2) is 25.5 Å². The molecule has 1 amide bonds. The highest BCUT2D eigenvalue weighted by molar-refractivity contribution is 7.16. The Hall–Kier alpha value is -2.47. The van der Waals surface area contributed by atoms with Crippen molar-refractivity contribution in [2.24, 2.45) is 0 Å². The number of hydrogen-bond donors (Lipinski definition) is 1. The van der Waals surface area contributed by atoms with Gasteiger partial charge < -0.3 is 10.1 Å². The SMILES string of the molecule is COC(=O)CCNC(=O)/C=C/c1ccc(-c2ccccc2F)s1. The molecule has 0 saturated heterocycles. The third-order valence-electron chi connectivity index (χ3n) is 3.02. The topological polar surface area (TPSA) is 55.4 Å². The van der Waals surface area contributed by atoms with Crippen LogP contribution in [0.3, 0.4) is 0 Å². The van der Waals surface area contributed by atoms with Crippen molar-refractivity contribution in [3.63, 3.8) is 0 Å². The molecule has 23 heavy (non-hydrogen) atoms. The summed E-state index contributed by atoms with van der Waals surface area (Å²) in [6.45, 7) is 0.223. The lowest BCUT2D eigenvalue weighted by atomic mass is 10.2. The van der Waals surface area contributed by atoms with Crippen molar-refractivity contribution in [3.8, 4) is 10.4 Å². The molecule has 6 heteroatoms. The Labute approximate surface area is 137 Å². The lowest BCUT2D eigenvalue weighted by molar-refractivity contribution is -0.140. The van der Waals surface area contributed by atoms with Gasteiger partial charge in [-0.1, -0.05) is 18.2 Å². The van der Waals surface area contributed by atoms with Crippen LogP contribution in [0.5, 0.6) is 0 Å². The van der Waals surface area contributed by atoms with Crippen LogP contribution in [0.1, 0.15) is 11.3 Å². The zero-order chi connectivity index (χ0) is 16.7. The maximum atomic E-state index is 13.7. The molecule has 0 radical (unpaired) electrons. The van der Waals surface area contributed by atoms with E-state index in [4.69, 9.17) is 0 Å². The number of rotatable bonds is 6. The quantitative estimate of drug-likeness (QED) is 0.652. The molecule has 1 aromatic heterocycles. The summed E-state index contributed by atoms with van der Waals surface area (Å²) in [5, 5.41) is 2.58. The van der Waals surface area contributed by atoms with Crippen LogP contribution >= 0.6 is 11.3 Å². The number of ether oxygens (including phenoxy) is 1. The first-order chi connectivity index (χ1) is 11.1. The van der Waals surface area contributed by atoms with E-state index in [9.17, 15) is 14.0 Å². The smallest absolute Gasteiger partial charge is 0.307 e. The van der Waals surface area contributed by atoms with E-state index < -0.39 is 0 Å². The van der Waals surface area contributed by atoms with Gasteiger partial charge in [0.15, 0.2) is 0 Å². The number of benzene rings is 1. The Morgan fingerprint density at radius 2 is 2.04 bits per heavy atom. The first kappa shape index (κ1) is 16.9. The standard InChI is InChI=1S/C17H16FNO3S/c1-22-17(21)10-11-19-16(20)9-7-12-6-8-15(23-12)13-4-2-3-5-14(13)18/h2-9H,10-11H2,1H3,(H,19,20)/b9-7+. The van der Waals surface area contributed by atoms with E-state index >= 15 is 0 Å². The summed E-state index contributed by atoms with van der Waals surface area (Å²) < 4.78 is 18.2. The molecule has 1 N–H and O–H groups in total. The summed E-state index contributed by atoms with van der Waals surface area (Å²) >= 11 is 1.39. The number of carbonyl (C=O) groups excluding carboxylic acids is 2. The summed E-state index contributed by atoms with van der Waals surface area (Å²) in [4.78, 5) is 24.2. The highest BCUT2D eigenvalue weighted by Crippen LogP contribution is 2.30. The van der Waals surface area contributed by atoms with E-state index in [0.717, 1.165) is 9.75 Å². The number of halogens is 1. The predicted octanol–water partition coefficient (Wildman–Crippen LogP) is 3.25. The Morgan fingerprint density at radius 3 is 2.78 bits per heavy atom. The van der Waals surface area contributed by atoms with Crippen molar-refractivity contribution in [2.75, 3.05) is 13.7 Å². The predicted molar refractivity (Wildman–Crippen MR) is 88.4 cm³/mol. The van der Waals surface area contributed by atoms with Gasteiger partial charge in [-0.15, -0.1) is 11.3 Å². The molecule has 4 nitrogen and oxygen atoms in total. The maximum Gasteiger partial charge on any atom is 0.307 e. The second-order valence-corrected chi connectivity index (χ2v) is 5.75. The van der Waals surface area contributed by atoms with Gasteiger partial charge in [0.2, 0.25) is 5.91 Å². The summed E-state index contributed by atoms with van der Waals surface area (Å²) in [5.41, 5.74) is 0.541. The van der Waals surface area contributed by atoms with Crippen LogP contribution in [0.2, 0.25) is 0 Å². The zero-order valence-corrected chi connectivity index (χ0v) is 13.4. The molecular weight excluding hydrogens is 317 g/mol. The van der Waals surface area contributed by atoms with Gasteiger partial charge in [0.05, 0.1) is 13.5 Å². The van der Waals surface area contributed by atoms with Crippen molar-refractivity contribution >= 4 is 29.3 Å². The average Bonchev–Trinajstić information content (AvgIpc) is 3.02. The first-order valence-corrected chi connectivity index (χ1v) is 7.79. The van der Waals surface area contributed by atoms with Crippen LogP contribution in [0, 0.1) is 5.82 Å². The van der Waals surface area contributed by atoms with Crippen LogP contribution in [0.4, 0.5) is 4.39 Å². The summed E-state index contributed by atoms with van der Waals surface area (Å²) in [6.07, 6.45) is 3.17. The van der Waals surface area contributed by atoms with Gasteiger partial charge in [-0.25, -0.2) is 4.39 Å². The third kappa shape index (κ3) is 5.03. The molecule has 0 aliphatic carbocycles. The van der Waals surface area contributed by atoms with Gasteiger partial charge in [0, 0.05) is 27.9 Å². The van der Waals surface area contributed by atoms with Gasteiger partial charge in [-0.3, -0.25) is 9.59 Å². The lowest BCUT2D eigenvalue weighted by Crippen LogP contribution is -2.24. The molecule has 120 valence electrons. The molecule has 1 aromatic carbocycles. The number of esters is 1. The minimum absolute atomic E-state index is 0.131. The molecule has 0 fully saturated rings.